The molecule has 1 saturated carbocycles. The first-order valence-corrected chi connectivity index (χ1v) is 9.65. The van der Waals surface area contributed by atoms with Crippen LogP contribution in [-0.4, -0.2) is 24.6 Å². The Kier molecular flexibility index (Phi) is 6.06. The minimum Gasteiger partial charge on any atom is -0.334 e. The van der Waals surface area contributed by atoms with Gasteiger partial charge in [0.1, 0.15) is 5.82 Å². The van der Waals surface area contributed by atoms with Crippen LogP contribution in [0.2, 0.25) is 0 Å². The number of hydrogen-bond donors (Lipinski definition) is 2. The van der Waals surface area contributed by atoms with E-state index < -0.39 is 21.4 Å². The molecule has 1 fully saturated rings. The fraction of sp³-hybridized carbons (Fsp3) is 0.500. The molecule has 1 aromatic carbocycles. The van der Waals surface area contributed by atoms with Crippen molar-refractivity contribution in [3.8, 4) is 11.5 Å². The molecule has 0 amide bonds. The lowest BCUT2D eigenvalue weighted by atomic mass is 9.99. The zero-order valence-corrected chi connectivity index (χ0v) is 16.2. The molecule has 0 radical (unpaired) electrons. The van der Waals surface area contributed by atoms with E-state index in [9.17, 15) is 12.8 Å². The van der Waals surface area contributed by atoms with Crippen LogP contribution in [0.5, 0.6) is 0 Å². The number of sulfonamides is 1. The van der Waals surface area contributed by atoms with Crippen LogP contribution >= 0.6 is 12.4 Å². The molecule has 0 atom stereocenters. The van der Waals surface area contributed by atoms with Gasteiger partial charge in [-0.1, -0.05) is 18.0 Å². The Morgan fingerprint density at radius 3 is 2.58 bits per heavy atom. The third-order valence-electron chi connectivity index (χ3n) is 4.24. The second kappa shape index (κ2) is 7.59. The van der Waals surface area contributed by atoms with Crippen LogP contribution in [0.4, 0.5) is 4.39 Å². The van der Waals surface area contributed by atoms with Crippen molar-refractivity contribution >= 4 is 22.4 Å². The Labute approximate surface area is 158 Å². The SMILES string of the molecule is CC(C)NS(=O)(=O)c1ccc(F)c(-c2nc(C3(N)CCCC3)no2)c1.Cl. The smallest absolute Gasteiger partial charge is 0.261 e. The van der Waals surface area contributed by atoms with Crippen LogP contribution in [0.1, 0.15) is 45.4 Å². The van der Waals surface area contributed by atoms with Gasteiger partial charge in [-0.2, -0.15) is 4.98 Å². The van der Waals surface area contributed by atoms with Crippen LogP contribution in [0, 0.1) is 5.82 Å². The quantitative estimate of drug-likeness (QED) is 0.792. The van der Waals surface area contributed by atoms with Gasteiger partial charge >= 0.3 is 0 Å². The highest BCUT2D eigenvalue weighted by Crippen LogP contribution is 2.36. The minimum absolute atomic E-state index is 0. The Morgan fingerprint density at radius 1 is 1.31 bits per heavy atom. The maximum atomic E-state index is 14.2. The Morgan fingerprint density at radius 2 is 1.96 bits per heavy atom. The van der Waals surface area contributed by atoms with E-state index in [-0.39, 0.29) is 34.8 Å². The van der Waals surface area contributed by atoms with Gasteiger partial charge in [0.15, 0.2) is 5.82 Å². The monoisotopic (exact) mass is 404 g/mol. The number of rotatable bonds is 5. The molecule has 0 spiro atoms. The van der Waals surface area contributed by atoms with Crippen LogP contribution in [0.25, 0.3) is 11.5 Å². The van der Waals surface area contributed by atoms with Crippen molar-refractivity contribution in [2.45, 2.75) is 56.0 Å². The van der Waals surface area contributed by atoms with E-state index in [1.807, 2.05) is 0 Å². The zero-order chi connectivity index (χ0) is 18.2. The van der Waals surface area contributed by atoms with Crippen molar-refractivity contribution < 1.29 is 17.3 Å². The van der Waals surface area contributed by atoms with Crippen molar-refractivity contribution in [1.82, 2.24) is 14.9 Å². The first-order chi connectivity index (χ1) is 11.7. The maximum absolute atomic E-state index is 14.2. The molecule has 0 unspecified atom stereocenters. The number of halogens is 2. The van der Waals surface area contributed by atoms with Crippen LogP contribution < -0.4 is 10.5 Å². The predicted octanol–water partition coefficient (Wildman–Crippen LogP) is 2.71. The molecule has 10 heteroatoms. The molecule has 0 bridgehead atoms. The van der Waals surface area contributed by atoms with E-state index in [4.69, 9.17) is 10.3 Å². The summed E-state index contributed by atoms with van der Waals surface area (Å²) in [5, 5.41) is 3.88. The number of aromatic nitrogens is 2. The van der Waals surface area contributed by atoms with Gasteiger partial charge in [0.25, 0.3) is 5.89 Å². The van der Waals surface area contributed by atoms with Gasteiger partial charge in [-0.15, -0.1) is 12.4 Å². The summed E-state index contributed by atoms with van der Waals surface area (Å²) in [6.45, 7) is 3.41. The lowest BCUT2D eigenvalue weighted by molar-refractivity contribution is 0.372. The summed E-state index contributed by atoms with van der Waals surface area (Å²) in [5.74, 6) is -0.394. The number of hydrogen-bond acceptors (Lipinski definition) is 6. The van der Waals surface area contributed by atoms with E-state index >= 15 is 0 Å². The highest BCUT2D eigenvalue weighted by molar-refractivity contribution is 7.89. The van der Waals surface area contributed by atoms with Gasteiger partial charge < -0.3 is 10.3 Å². The summed E-state index contributed by atoms with van der Waals surface area (Å²) in [4.78, 5) is 4.15. The zero-order valence-electron chi connectivity index (χ0n) is 14.5. The number of nitrogens with zero attached hydrogens (tertiary/aromatic N) is 2. The lowest BCUT2D eigenvalue weighted by Crippen LogP contribution is -2.34. The molecule has 26 heavy (non-hydrogen) atoms. The van der Waals surface area contributed by atoms with Gasteiger partial charge in [0.05, 0.1) is 16.0 Å². The summed E-state index contributed by atoms with van der Waals surface area (Å²) < 4.78 is 46.4. The summed E-state index contributed by atoms with van der Waals surface area (Å²) in [6, 6.07) is 3.17. The van der Waals surface area contributed by atoms with E-state index in [0.717, 1.165) is 31.7 Å². The average molecular weight is 405 g/mol. The van der Waals surface area contributed by atoms with Gasteiger partial charge in [0.2, 0.25) is 10.0 Å². The van der Waals surface area contributed by atoms with Crippen molar-refractivity contribution in [3.63, 3.8) is 0 Å². The van der Waals surface area contributed by atoms with E-state index in [1.54, 1.807) is 13.8 Å². The summed E-state index contributed by atoms with van der Waals surface area (Å²) in [7, 11) is -3.76. The first-order valence-electron chi connectivity index (χ1n) is 8.17. The molecular formula is C16H22ClFN4O3S. The van der Waals surface area contributed by atoms with E-state index in [0.29, 0.717) is 5.82 Å². The Balaban J connectivity index is 0.00000243. The molecule has 1 aromatic heterocycles. The minimum atomic E-state index is -3.76. The topological polar surface area (TPSA) is 111 Å². The maximum Gasteiger partial charge on any atom is 0.261 e. The normalized spacial score (nSPS) is 16.7. The van der Waals surface area contributed by atoms with Crippen LogP contribution in [-0.2, 0) is 15.6 Å². The molecule has 0 aliphatic heterocycles. The number of nitrogens with one attached hydrogen (secondary N) is 1. The summed E-state index contributed by atoms with van der Waals surface area (Å²) in [5.41, 5.74) is 5.55. The summed E-state index contributed by atoms with van der Waals surface area (Å²) >= 11 is 0. The highest BCUT2D eigenvalue weighted by Gasteiger charge is 2.36. The molecule has 1 heterocycles. The van der Waals surface area contributed by atoms with Crippen molar-refractivity contribution in [3.05, 3.63) is 29.8 Å². The van der Waals surface area contributed by atoms with Gasteiger partial charge in [-0.25, -0.2) is 17.5 Å². The molecule has 7 nitrogen and oxygen atoms in total. The Bertz CT molecular complexity index is 879. The number of nitrogens with two attached hydrogens (primary N) is 1. The Hall–Kier alpha value is -1.55. The predicted molar refractivity (Wildman–Crippen MR) is 96.7 cm³/mol. The number of benzene rings is 1. The fourth-order valence-corrected chi connectivity index (χ4v) is 4.26. The third-order valence-corrected chi connectivity index (χ3v) is 5.89. The molecule has 2 aromatic rings. The van der Waals surface area contributed by atoms with Gasteiger partial charge in [-0.3, -0.25) is 0 Å². The molecule has 0 saturated heterocycles. The largest absolute Gasteiger partial charge is 0.334 e. The second-order valence-electron chi connectivity index (χ2n) is 6.70. The molecule has 1 aliphatic carbocycles. The second-order valence-corrected chi connectivity index (χ2v) is 8.42. The van der Waals surface area contributed by atoms with Crippen molar-refractivity contribution in [2.75, 3.05) is 0 Å². The summed E-state index contributed by atoms with van der Waals surface area (Å²) in [6.07, 6.45) is 3.43. The molecule has 3 rings (SSSR count). The molecule has 3 N–H and O–H groups in total. The van der Waals surface area contributed by atoms with Crippen molar-refractivity contribution in [2.24, 2.45) is 5.73 Å². The first kappa shape index (κ1) is 20.8. The van der Waals surface area contributed by atoms with Crippen LogP contribution in [0.3, 0.4) is 0 Å². The molecular weight excluding hydrogens is 383 g/mol. The average Bonchev–Trinajstić information content (AvgIpc) is 3.16. The lowest BCUT2D eigenvalue weighted by Gasteiger charge is -2.17. The van der Waals surface area contributed by atoms with Crippen LogP contribution in [0.15, 0.2) is 27.6 Å². The fourth-order valence-electron chi connectivity index (χ4n) is 2.98. The van der Waals surface area contributed by atoms with Gasteiger partial charge in [-0.05, 0) is 44.9 Å². The standard InChI is InChI=1S/C16H21FN4O3S.ClH/c1-10(2)21-25(22,23)11-5-6-13(17)12(9-11)14-19-15(20-24-14)16(18)7-3-4-8-16;/h5-6,9-10,21H,3-4,7-8,18H2,1-2H3;1H. The molecule has 1 aliphatic rings. The molecule has 144 valence electrons. The van der Waals surface area contributed by atoms with E-state index in [1.165, 1.54) is 12.1 Å². The highest BCUT2D eigenvalue weighted by atomic mass is 35.5. The third kappa shape index (κ3) is 4.06. The van der Waals surface area contributed by atoms with Crippen molar-refractivity contribution in [1.29, 1.82) is 0 Å². The van der Waals surface area contributed by atoms with E-state index in [2.05, 4.69) is 14.9 Å². The van der Waals surface area contributed by atoms with Gasteiger partial charge in [0, 0.05) is 6.04 Å².